The van der Waals surface area contributed by atoms with Gasteiger partial charge >= 0.3 is 0 Å². The van der Waals surface area contributed by atoms with Gasteiger partial charge in [-0.25, -0.2) is 9.07 Å². The molecule has 0 unspecified atom stereocenters. The summed E-state index contributed by atoms with van der Waals surface area (Å²) in [5.41, 5.74) is 1.87. The predicted octanol–water partition coefficient (Wildman–Crippen LogP) is 3.30. The molecule has 0 saturated carbocycles. The van der Waals surface area contributed by atoms with Gasteiger partial charge in [0.05, 0.1) is 11.8 Å². The van der Waals surface area contributed by atoms with Crippen LogP contribution in [0.2, 0.25) is 0 Å². The highest BCUT2D eigenvalue weighted by molar-refractivity contribution is 5.75. The number of piperidine rings is 1. The molecule has 4 rings (SSSR count). The number of hydrogen-bond donors (Lipinski definition) is 1. The lowest BCUT2D eigenvalue weighted by Gasteiger charge is -2.32. The maximum Gasteiger partial charge on any atom is 0.220 e. The van der Waals surface area contributed by atoms with Crippen LogP contribution in [0.25, 0.3) is 5.69 Å². The number of rotatable bonds is 8. The largest absolute Gasteiger partial charge is 0.376 e. The zero-order chi connectivity index (χ0) is 20.8. The molecule has 0 aliphatic carbocycles. The van der Waals surface area contributed by atoms with Crippen molar-refractivity contribution in [3.63, 3.8) is 0 Å². The third-order valence-electron chi connectivity index (χ3n) is 6.22. The van der Waals surface area contributed by atoms with E-state index in [1.165, 1.54) is 6.07 Å². The highest BCUT2D eigenvalue weighted by atomic mass is 19.1. The number of hydrogen-bond acceptors (Lipinski definition) is 4. The Bertz CT molecular complexity index is 813. The smallest absolute Gasteiger partial charge is 0.220 e. The van der Waals surface area contributed by atoms with Gasteiger partial charge in [-0.1, -0.05) is 0 Å². The van der Waals surface area contributed by atoms with Gasteiger partial charge in [-0.2, -0.15) is 5.10 Å². The molecule has 0 spiro atoms. The predicted molar refractivity (Wildman–Crippen MR) is 113 cm³/mol. The van der Waals surface area contributed by atoms with Gasteiger partial charge in [0.1, 0.15) is 5.82 Å². The second-order valence-corrected chi connectivity index (χ2v) is 8.42. The molecular formula is C23H31FN4O2. The molecule has 1 aromatic carbocycles. The van der Waals surface area contributed by atoms with E-state index in [0.717, 1.165) is 63.1 Å². The number of ether oxygens (including phenoxy) is 1. The van der Waals surface area contributed by atoms with Gasteiger partial charge in [0.2, 0.25) is 5.91 Å². The van der Waals surface area contributed by atoms with E-state index in [2.05, 4.69) is 15.3 Å². The van der Waals surface area contributed by atoms with E-state index >= 15 is 0 Å². The van der Waals surface area contributed by atoms with Gasteiger partial charge in [-0.05, 0) is 80.9 Å². The molecule has 2 saturated heterocycles. The third-order valence-corrected chi connectivity index (χ3v) is 6.22. The number of amides is 1. The molecule has 2 fully saturated rings. The Morgan fingerprint density at radius 1 is 1.27 bits per heavy atom. The van der Waals surface area contributed by atoms with Crippen molar-refractivity contribution in [2.24, 2.45) is 5.92 Å². The Kier molecular flexibility index (Phi) is 7.12. The van der Waals surface area contributed by atoms with Crippen molar-refractivity contribution in [1.29, 1.82) is 0 Å². The Morgan fingerprint density at radius 3 is 2.87 bits per heavy atom. The summed E-state index contributed by atoms with van der Waals surface area (Å²) >= 11 is 0. The molecule has 1 N–H and O–H groups in total. The minimum Gasteiger partial charge on any atom is -0.376 e. The zero-order valence-corrected chi connectivity index (χ0v) is 17.4. The van der Waals surface area contributed by atoms with Crippen molar-refractivity contribution in [2.75, 3.05) is 26.2 Å². The minimum absolute atomic E-state index is 0.136. The molecule has 1 amide bonds. The minimum atomic E-state index is -0.218. The summed E-state index contributed by atoms with van der Waals surface area (Å²) < 4.78 is 21.2. The summed E-state index contributed by atoms with van der Waals surface area (Å²) in [6.45, 7) is 4.11. The van der Waals surface area contributed by atoms with Gasteiger partial charge < -0.3 is 10.1 Å². The molecule has 2 aromatic rings. The molecule has 1 aromatic heterocycles. The van der Waals surface area contributed by atoms with Crippen molar-refractivity contribution in [3.8, 4) is 5.69 Å². The third kappa shape index (κ3) is 5.67. The van der Waals surface area contributed by atoms with Gasteiger partial charge in [0.15, 0.2) is 0 Å². The van der Waals surface area contributed by atoms with Crippen LogP contribution in [0, 0.1) is 11.7 Å². The average molecular weight is 415 g/mol. The first-order chi connectivity index (χ1) is 14.7. The van der Waals surface area contributed by atoms with Crippen molar-refractivity contribution in [2.45, 2.75) is 51.2 Å². The first kappa shape index (κ1) is 21.0. The summed E-state index contributed by atoms with van der Waals surface area (Å²) in [4.78, 5) is 14.5. The van der Waals surface area contributed by atoms with Crippen LogP contribution in [0.5, 0.6) is 0 Å². The zero-order valence-electron chi connectivity index (χ0n) is 17.4. The standard InChI is InChI=1S/C23H31FN4O2/c24-20-5-6-22(28-11-2-10-26-28)19(15-20)17-27-12-8-18(9-13-27)4-7-23(29)25-16-21-3-1-14-30-21/h2,5-6,10-11,15,18,21H,1,3-4,7-9,12-14,16-17H2,(H,25,29)/t21-/m0/s1. The average Bonchev–Trinajstić information content (AvgIpc) is 3.46. The topological polar surface area (TPSA) is 59.4 Å². The van der Waals surface area contributed by atoms with Gasteiger partial charge in [-0.3, -0.25) is 9.69 Å². The van der Waals surface area contributed by atoms with Crippen molar-refractivity contribution >= 4 is 5.91 Å². The number of halogens is 1. The molecule has 2 aliphatic rings. The molecule has 3 heterocycles. The van der Waals surface area contributed by atoms with E-state index in [-0.39, 0.29) is 17.8 Å². The summed E-state index contributed by atoms with van der Waals surface area (Å²) in [6.07, 6.45) is 9.63. The highest BCUT2D eigenvalue weighted by Gasteiger charge is 2.22. The summed E-state index contributed by atoms with van der Waals surface area (Å²) in [6, 6.07) is 6.76. The van der Waals surface area contributed by atoms with Crippen molar-refractivity contribution < 1.29 is 13.9 Å². The van der Waals surface area contributed by atoms with Crippen LogP contribution in [-0.4, -0.2) is 52.9 Å². The van der Waals surface area contributed by atoms with Gasteiger partial charge in [-0.15, -0.1) is 0 Å². The van der Waals surface area contributed by atoms with Gasteiger partial charge in [0, 0.05) is 38.5 Å². The molecule has 0 bridgehead atoms. The van der Waals surface area contributed by atoms with E-state index in [4.69, 9.17) is 4.74 Å². The summed E-state index contributed by atoms with van der Waals surface area (Å²) in [5.74, 6) is 0.495. The Hall–Kier alpha value is -2.25. The van der Waals surface area contributed by atoms with E-state index in [0.29, 0.717) is 25.4 Å². The lowest BCUT2D eigenvalue weighted by Crippen LogP contribution is -2.35. The first-order valence-corrected chi connectivity index (χ1v) is 11.1. The fourth-order valence-corrected chi connectivity index (χ4v) is 4.45. The molecule has 30 heavy (non-hydrogen) atoms. The van der Waals surface area contributed by atoms with Crippen LogP contribution < -0.4 is 5.32 Å². The summed E-state index contributed by atoms with van der Waals surface area (Å²) in [7, 11) is 0. The van der Waals surface area contributed by atoms with E-state index in [1.54, 1.807) is 23.0 Å². The lowest BCUT2D eigenvalue weighted by molar-refractivity contribution is -0.122. The molecule has 7 heteroatoms. The molecular weight excluding hydrogens is 383 g/mol. The fourth-order valence-electron chi connectivity index (χ4n) is 4.45. The number of benzene rings is 1. The van der Waals surface area contributed by atoms with Crippen LogP contribution in [0.4, 0.5) is 4.39 Å². The van der Waals surface area contributed by atoms with Crippen LogP contribution >= 0.6 is 0 Å². The molecule has 0 radical (unpaired) electrons. The number of aromatic nitrogens is 2. The number of likely N-dealkylation sites (tertiary alicyclic amines) is 1. The quantitative estimate of drug-likeness (QED) is 0.720. The van der Waals surface area contributed by atoms with Crippen molar-refractivity contribution in [3.05, 3.63) is 48.0 Å². The monoisotopic (exact) mass is 414 g/mol. The maximum atomic E-state index is 13.8. The SMILES string of the molecule is O=C(CCC1CCN(Cc2cc(F)ccc2-n2cccn2)CC1)NC[C@@H]1CCCO1. The second kappa shape index (κ2) is 10.2. The van der Waals surface area contributed by atoms with Crippen LogP contribution in [0.1, 0.15) is 44.1 Å². The van der Waals surface area contributed by atoms with Crippen LogP contribution in [-0.2, 0) is 16.1 Å². The Labute approximate surface area is 177 Å². The molecule has 6 nitrogen and oxygen atoms in total. The molecule has 162 valence electrons. The Balaban J connectivity index is 1.21. The van der Waals surface area contributed by atoms with E-state index in [1.807, 2.05) is 12.3 Å². The molecule has 1 atom stereocenters. The maximum absolute atomic E-state index is 13.8. The van der Waals surface area contributed by atoms with E-state index in [9.17, 15) is 9.18 Å². The van der Waals surface area contributed by atoms with Crippen molar-refractivity contribution in [1.82, 2.24) is 20.0 Å². The van der Waals surface area contributed by atoms with Crippen LogP contribution in [0.3, 0.4) is 0 Å². The van der Waals surface area contributed by atoms with Gasteiger partial charge in [0.25, 0.3) is 0 Å². The fraction of sp³-hybridized carbons (Fsp3) is 0.565. The van der Waals surface area contributed by atoms with Crippen LogP contribution in [0.15, 0.2) is 36.7 Å². The number of nitrogens with one attached hydrogen (secondary N) is 1. The normalized spacial score (nSPS) is 20.5. The lowest BCUT2D eigenvalue weighted by atomic mass is 9.91. The number of carbonyl (C=O) groups excluding carboxylic acids is 1. The van der Waals surface area contributed by atoms with E-state index < -0.39 is 0 Å². The highest BCUT2D eigenvalue weighted by Crippen LogP contribution is 2.25. The number of nitrogens with zero attached hydrogens (tertiary/aromatic N) is 3. The number of carbonyl (C=O) groups is 1. The first-order valence-electron chi connectivity index (χ1n) is 11.1. The Morgan fingerprint density at radius 2 is 2.13 bits per heavy atom. The second-order valence-electron chi connectivity index (χ2n) is 8.42. The molecule has 2 aliphatic heterocycles. The summed E-state index contributed by atoms with van der Waals surface area (Å²) in [5, 5.41) is 7.31.